The van der Waals surface area contributed by atoms with E-state index in [4.69, 9.17) is 0 Å². The van der Waals surface area contributed by atoms with Gasteiger partial charge in [0.1, 0.15) is 0 Å². The summed E-state index contributed by atoms with van der Waals surface area (Å²) in [6.07, 6.45) is 6.44. The second kappa shape index (κ2) is 4.58. The van der Waals surface area contributed by atoms with Crippen LogP contribution in [0, 0.1) is 13.8 Å². The van der Waals surface area contributed by atoms with Crippen LogP contribution in [0.1, 0.15) is 48.8 Å². The van der Waals surface area contributed by atoms with Crippen molar-refractivity contribution < 1.29 is 5.11 Å². The normalized spacial score (nSPS) is 19.7. The quantitative estimate of drug-likeness (QED) is 0.805. The number of benzene rings is 1. The minimum Gasteiger partial charge on any atom is -0.390 e. The monoisotopic (exact) mass is 218 g/mol. The Bertz CT molecular complexity index is 341. The highest BCUT2D eigenvalue weighted by Gasteiger charge is 2.30. The second-order valence-corrected chi connectivity index (χ2v) is 5.33. The van der Waals surface area contributed by atoms with Crippen LogP contribution in [-0.2, 0) is 6.42 Å². The van der Waals surface area contributed by atoms with Gasteiger partial charge in [0.05, 0.1) is 5.60 Å². The molecule has 16 heavy (non-hydrogen) atoms. The first-order valence-electron chi connectivity index (χ1n) is 6.38. The van der Waals surface area contributed by atoms with Crippen molar-refractivity contribution in [1.29, 1.82) is 0 Å². The maximum Gasteiger partial charge on any atom is 0.0688 e. The highest BCUT2D eigenvalue weighted by molar-refractivity contribution is 5.34. The predicted molar refractivity (Wildman–Crippen MR) is 67.7 cm³/mol. The molecule has 2 rings (SSSR count). The summed E-state index contributed by atoms with van der Waals surface area (Å²) >= 11 is 0. The van der Waals surface area contributed by atoms with E-state index in [2.05, 4.69) is 32.0 Å². The van der Waals surface area contributed by atoms with Gasteiger partial charge < -0.3 is 5.11 Å². The molecule has 1 aromatic carbocycles. The molecule has 0 radical (unpaired) electrons. The van der Waals surface area contributed by atoms with Crippen LogP contribution in [0.3, 0.4) is 0 Å². The van der Waals surface area contributed by atoms with Crippen molar-refractivity contribution in [1.82, 2.24) is 0 Å². The zero-order valence-electron chi connectivity index (χ0n) is 10.4. The Morgan fingerprint density at radius 2 is 1.62 bits per heavy atom. The summed E-state index contributed by atoms with van der Waals surface area (Å²) in [4.78, 5) is 0. The third-order valence-corrected chi connectivity index (χ3v) is 3.93. The van der Waals surface area contributed by atoms with Crippen LogP contribution in [0.4, 0.5) is 0 Å². The second-order valence-electron chi connectivity index (χ2n) is 5.33. The fourth-order valence-electron chi connectivity index (χ4n) is 2.84. The minimum atomic E-state index is -0.435. The molecule has 0 heterocycles. The summed E-state index contributed by atoms with van der Waals surface area (Å²) < 4.78 is 0. The van der Waals surface area contributed by atoms with Gasteiger partial charge in [-0.25, -0.2) is 0 Å². The van der Waals surface area contributed by atoms with Crippen LogP contribution < -0.4 is 0 Å². The fraction of sp³-hybridized carbons (Fsp3) is 0.600. The molecule has 1 fully saturated rings. The Kier molecular flexibility index (Phi) is 3.34. The van der Waals surface area contributed by atoms with E-state index in [0.717, 1.165) is 19.3 Å². The molecular formula is C15H22O. The van der Waals surface area contributed by atoms with Crippen molar-refractivity contribution in [3.8, 4) is 0 Å². The summed E-state index contributed by atoms with van der Waals surface area (Å²) in [5, 5.41) is 10.6. The van der Waals surface area contributed by atoms with E-state index in [0.29, 0.717) is 0 Å². The minimum absolute atomic E-state index is 0.435. The van der Waals surface area contributed by atoms with Crippen LogP contribution in [0.2, 0.25) is 0 Å². The molecule has 0 amide bonds. The Labute approximate surface area is 98.5 Å². The van der Waals surface area contributed by atoms with Gasteiger partial charge in [-0.3, -0.25) is 0 Å². The number of hydrogen-bond acceptors (Lipinski definition) is 1. The first kappa shape index (κ1) is 11.7. The lowest BCUT2D eigenvalue weighted by molar-refractivity contribution is 0.00423. The van der Waals surface area contributed by atoms with E-state index in [-0.39, 0.29) is 0 Å². The molecule has 0 aliphatic heterocycles. The summed E-state index contributed by atoms with van der Waals surface area (Å²) in [6.45, 7) is 4.29. The van der Waals surface area contributed by atoms with Gasteiger partial charge in [0.15, 0.2) is 0 Å². The summed E-state index contributed by atoms with van der Waals surface area (Å²) in [5.41, 5.74) is 3.56. The smallest absolute Gasteiger partial charge is 0.0688 e. The zero-order valence-corrected chi connectivity index (χ0v) is 10.4. The lowest BCUT2D eigenvalue weighted by Crippen LogP contribution is -2.34. The molecule has 1 heteroatoms. The zero-order chi connectivity index (χ0) is 11.6. The van der Waals surface area contributed by atoms with Crippen molar-refractivity contribution in [2.24, 2.45) is 0 Å². The molecule has 1 aromatic rings. The van der Waals surface area contributed by atoms with Crippen LogP contribution in [0.25, 0.3) is 0 Å². The first-order valence-corrected chi connectivity index (χ1v) is 6.38. The van der Waals surface area contributed by atoms with Crippen LogP contribution in [0.15, 0.2) is 18.2 Å². The average Bonchev–Trinajstić information content (AvgIpc) is 2.25. The Morgan fingerprint density at radius 1 is 1.06 bits per heavy atom. The topological polar surface area (TPSA) is 20.2 Å². The average molecular weight is 218 g/mol. The molecule has 0 saturated heterocycles. The van der Waals surface area contributed by atoms with Gasteiger partial charge in [-0.1, -0.05) is 37.5 Å². The van der Waals surface area contributed by atoms with Gasteiger partial charge in [0, 0.05) is 6.42 Å². The van der Waals surface area contributed by atoms with Crippen LogP contribution in [-0.4, -0.2) is 10.7 Å². The maximum atomic E-state index is 10.6. The van der Waals surface area contributed by atoms with E-state index in [1.807, 2.05) is 0 Å². The Hall–Kier alpha value is -0.820. The van der Waals surface area contributed by atoms with E-state index in [1.165, 1.54) is 36.0 Å². The SMILES string of the molecule is Cc1cccc(C)c1CC1(O)CCCCC1. The van der Waals surface area contributed by atoms with Gasteiger partial charge >= 0.3 is 0 Å². The molecular weight excluding hydrogens is 196 g/mol. The van der Waals surface area contributed by atoms with Crippen molar-refractivity contribution in [2.45, 2.75) is 58.0 Å². The molecule has 0 atom stereocenters. The molecule has 1 N–H and O–H groups in total. The number of aliphatic hydroxyl groups is 1. The lowest BCUT2D eigenvalue weighted by atomic mass is 9.79. The Balaban J connectivity index is 2.19. The molecule has 0 spiro atoms. The summed E-state index contributed by atoms with van der Waals surface area (Å²) in [5.74, 6) is 0. The molecule has 1 nitrogen and oxygen atoms in total. The van der Waals surface area contributed by atoms with E-state index >= 15 is 0 Å². The summed E-state index contributed by atoms with van der Waals surface area (Å²) in [6, 6.07) is 6.39. The largest absolute Gasteiger partial charge is 0.390 e. The summed E-state index contributed by atoms with van der Waals surface area (Å²) in [7, 11) is 0. The number of rotatable bonds is 2. The van der Waals surface area contributed by atoms with Gasteiger partial charge in [-0.05, 0) is 43.4 Å². The number of hydrogen-bond donors (Lipinski definition) is 1. The number of aryl methyl sites for hydroxylation is 2. The maximum absolute atomic E-state index is 10.6. The van der Waals surface area contributed by atoms with Crippen LogP contribution in [0.5, 0.6) is 0 Å². The highest BCUT2D eigenvalue weighted by atomic mass is 16.3. The molecule has 0 unspecified atom stereocenters. The molecule has 1 saturated carbocycles. The molecule has 88 valence electrons. The Morgan fingerprint density at radius 3 is 2.19 bits per heavy atom. The van der Waals surface area contributed by atoms with Crippen molar-refractivity contribution >= 4 is 0 Å². The van der Waals surface area contributed by atoms with E-state index in [1.54, 1.807) is 0 Å². The van der Waals surface area contributed by atoms with Crippen LogP contribution >= 0.6 is 0 Å². The van der Waals surface area contributed by atoms with Crippen molar-refractivity contribution in [3.63, 3.8) is 0 Å². The van der Waals surface area contributed by atoms with Crippen molar-refractivity contribution in [3.05, 3.63) is 34.9 Å². The molecule has 1 aliphatic rings. The molecule has 1 aliphatic carbocycles. The van der Waals surface area contributed by atoms with Gasteiger partial charge in [-0.15, -0.1) is 0 Å². The van der Waals surface area contributed by atoms with Gasteiger partial charge in [-0.2, -0.15) is 0 Å². The highest BCUT2D eigenvalue weighted by Crippen LogP contribution is 2.32. The fourth-order valence-corrected chi connectivity index (χ4v) is 2.84. The molecule has 0 bridgehead atoms. The van der Waals surface area contributed by atoms with E-state index in [9.17, 15) is 5.11 Å². The standard InChI is InChI=1S/C15H22O/c1-12-7-6-8-13(2)14(12)11-15(16)9-4-3-5-10-15/h6-8,16H,3-5,9-11H2,1-2H3. The van der Waals surface area contributed by atoms with Crippen molar-refractivity contribution in [2.75, 3.05) is 0 Å². The third kappa shape index (κ3) is 2.46. The third-order valence-electron chi connectivity index (χ3n) is 3.93. The first-order chi connectivity index (χ1) is 7.61. The lowest BCUT2D eigenvalue weighted by Gasteiger charge is -2.33. The molecule has 0 aromatic heterocycles. The van der Waals surface area contributed by atoms with Gasteiger partial charge in [0.25, 0.3) is 0 Å². The van der Waals surface area contributed by atoms with E-state index < -0.39 is 5.60 Å². The van der Waals surface area contributed by atoms with Gasteiger partial charge in [0.2, 0.25) is 0 Å². The predicted octanol–water partition coefficient (Wildman–Crippen LogP) is 3.54.